The first kappa shape index (κ1) is 16.6. The Morgan fingerprint density at radius 3 is 2.75 bits per heavy atom. The third kappa shape index (κ3) is 4.00. The lowest BCUT2D eigenvalue weighted by Crippen LogP contribution is -2.28. The molecule has 0 aromatic carbocycles. The Morgan fingerprint density at radius 1 is 1.29 bits per heavy atom. The van der Waals surface area contributed by atoms with E-state index in [9.17, 15) is 9.90 Å². The van der Waals surface area contributed by atoms with Crippen molar-refractivity contribution in [1.29, 1.82) is 0 Å². The van der Waals surface area contributed by atoms with E-state index in [-0.39, 0.29) is 10.1 Å². The average molecular weight is 349 g/mol. The van der Waals surface area contributed by atoms with Gasteiger partial charge in [-0.25, -0.2) is 4.79 Å². The second-order valence-corrected chi connectivity index (χ2v) is 6.45. The van der Waals surface area contributed by atoms with Crippen molar-refractivity contribution in [2.75, 3.05) is 18.0 Å². The van der Waals surface area contributed by atoms with E-state index in [1.807, 2.05) is 13.0 Å². The lowest BCUT2D eigenvalue weighted by Gasteiger charge is -2.25. The predicted molar refractivity (Wildman–Crippen MR) is 89.9 cm³/mol. The number of rotatable bonds is 6. The van der Waals surface area contributed by atoms with E-state index in [0.29, 0.717) is 18.1 Å². The zero-order chi connectivity index (χ0) is 16.9. The summed E-state index contributed by atoms with van der Waals surface area (Å²) >= 11 is 0.920. The summed E-state index contributed by atoms with van der Waals surface area (Å²) in [5.41, 5.74) is 0. The van der Waals surface area contributed by atoms with Gasteiger partial charge in [0.25, 0.3) is 5.22 Å². The Balaban J connectivity index is 1.75. The van der Waals surface area contributed by atoms with Crippen LogP contribution in [0.25, 0.3) is 6.08 Å². The number of anilines is 1. The highest BCUT2D eigenvalue weighted by Crippen LogP contribution is 2.29. The molecule has 1 N–H and O–H groups in total. The maximum atomic E-state index is 11.5. The standard InChI is InChI=1S/C16H19N3O4S/c1-2-13-17-18-16(23-13)24-12(15(20)21)10-11-6-7-14(22-11)19-8-4-3-5-9-19/h6-7,10H,2-5,8-9H2,1H3,(H,20,21)/b12-10+. The minimum absolute atomic E-state index is 0.0702. The molecule has 0 spiro atoms. The molecule has 8 heteroatoms. The summed E-state index contributed by atoms with van der Waals surface area (Å²) in [6.45, 7) is 3.83. The largest absolute Gasteiger partial charge is 0.477 e. The van der Waals surface area contributed by atoms with E-state index in [1.54, 1.807) is 6.07 Å². The summed E-state index contributed by atoms with van der Waals surface area (Å²) in [5.74, 6) is 0.692. The minimum Gasteiger partial charge on any atom is -0.477 e. The topological polar surface area (TPSA) is 92.6 Å². The van der Waals surface area contributed by atoms with Crippen LogP contribution in [0.3, 0.4) is 0 Å². The van der Waals surface area contributed by atoms with Gasteiger partial charge in [0.1, 0.15) is 10.7 Å². The minimum atomic E-state index is -1.06. The van der Waals surface area contributed by atoms with Crippen molar-refractivity contribution in [3.63, 3.8) is 0 Å². The molecule has 2 aromatic rings. The molecule has 1 saturated heterocycles. The Hall–Kier alpha value is -2.22. The van der Waals surface area contributed by atoms with Crippen molar-refractivity contribution in [3.8, 4) is 0 Å². The number of carboxylic acids is 1. The number of aliphatic carboxylic acids is 1. The molecule has 0 saturated carbocycles. The van der Waals surface area contributed by atoms with E-state index >= 15 is 0 Å². The fraction of sp³-hybridized carbons (Fsp3) is 0.438. The van der Waals surface area contributed by atoms with Gasteiger partial charge in [-0.3, -0.25) is 0 Å². The van der Waals surface area contributed by atoms with E-state index in [0.717, 1.165) is 43.6 Å². The SMILES string of the molecule is CCc1nnc(S/C(=C/c2ccc(N3CCCCC3)o2)C(=O)O)o1. The summed E-state index contributed by atoms with van der Waals surface area (Å²) in [4.78, 5) is 13.7. The monoisotopic (exact) mass is 349 g/mol. The second-order valence-electron chi connectivity index (χ2n) is 5.45. The third-order valence-electron chi connectivity index (χ3n) is 3.71. The number of carbonyl (C=O) groups is 1. The molecule has 3 rings (SSSR count). The van der Waals surface area contributed by atoms with Crippen LogP contribution in [-0.4, -0.2) is 34.4 Å². The van der Waals surface area contributed by atoms with Crippen molar-refractivity contribution >= 4 is 29.7 Å². The van der Waals surface area contributed by atoms with Crippen molar-refractivity contribution in [2.45, 2.75) is 37.8 Å². The van der Waals surface area contributed by atoms with Gasteiger partial charge in [0.2, 0.25) is 5.89 Å². The predicted octanol–water partition coefficient (Wildman–Crippen LogP) is 3.43. The van der Waals surface area contributed by atoms with E-state index in [4.69, 9.17) is 8.83 Å². The summed E-state index contributed by atoms with van der Waals surface area (Å²) in [5, 5.41) is 17.3. The average Bonchev–Trinajstić information content (AvgIpc) is 3.24. The Bertz CT molecular complexity index is 731. The van der Waals surface area contributed by atoms with Gasteiger partial charge >= 0.3 is 5.97 Å². The summed E-state index contributed by atoms with van der Waals surface area (Å²) in [6.07, 6.45) is 5.64. The summed E-state index contributed by atoms with van der Waals surface area (Å²) < 4.78 is 11.1. The van der Waals surface area contributed by atoms with Crippen LogP contribution in [0.2, 0.25) is 0 Å². The second kappa shape index (κ2) is 7.57. The zero-order valence-corrected chi connectivity index (χ0v) is 14.2. The molecule has 0 atom stereocenters. The van der Waals surface area contributed by atoms with Crippen LogP contribution in [0.5, 0.6) is 0 Å². The molecule has 1 aliphatic heterocycles. The number of aromatic nitrogens is 2. The molecule has 1 fully saturated rings. The number of hydrogen-bond acceptors (Lipinski definition) is 7. The van der Waals surface area contributed by atoms with Gasteiger partial charge in [-0.05, 0) is 37.1 Å². The van der Waals surface area contributed by atoms with Crippen LogP contribution in [0.15, 0.2) is 31.1 Å². The Labute approximate surface area is 143 Å². The van der Waals surface area contributed by atoms with Gasteiger partial charge in [-0.2, -0.15) is 0 Å². The fourth-order valence-corrected chi connectivity index (χ4v) is 3.15. The van der Waals surface area contributed by atoms with Crippen LogP contribution < -0.4 is 4.90 Å². The van der Waals surface area contributed by atoms with Gasteiger partial charge < -0.3 is 18.8 Å². The smallest absolute Gasteiger partial charge is 0.342 e. The quantitative estimate of drug-likeness (QED) is 0.626. The van der Waals surface area contributed by atoms with Crippen molar-refractivity contribution in [3.05, 3.63) is 28.7 Å². The van der Waals surface area contributed by atoms with Gasteiger partial charge in [0.05, 0.1) is 0 Å². The van der Waals surface area contributed by atoms with Crippen LogP contribution in [0, 0.1) is 0 Å². The maximum absolute atomic E-state index is 11.5. The molecule has 7 nitrogen and oxygen atoms in total. The molecular formula is C16H19N3O4S. The van der Waals surface area contributed by atoms with Crippen LogP contribution in [0.1, 0.15) is 37.8 Å². The molecule has 1 aliphatic rings. The van der Waals surface area contributed by atoms with E-state index in [1.165, 1.54) is 12.5 Å². The summed E-state index contributed by atoms with van der Waals surface area (Å²) in [6, 6.07) is 3.65. The fourth-order valence-electron chi connectivity index (χ4n) is 2.48. The highest BCUT2D eigenvalue weighted by atomic mass is 32.2. The molecule has 0 amide bonds. The number of thioether (sulfide) groups is 1. The molecule has 3 heterocycles. The van der Waals surface area contributed by atoms with E-state index < -0.39 is 5.97 Å². The van der Waals surface area contributed by atoms with Gasteiger partial charge in [0, 0.05) is 31.7 Å². The number of furan rings is 1. The Morgan fingerprint density at radius 2 is 2.08 bits per heavy atom. The first-order valence-corrected chi connectivity index (χ1v) is 8.77. The number of carboxylic acid groups (broad SMARTS) is 1. The number of nitrogens with zero attached hydrogens (tertiary/aromatic N) is 3. The molecule has 2 aromatic heterocycles. The molecule has 0 aliphatic carbocycles. The molecule has 0 bridgehead atoms. The van der Waals surface area contributed by atoms with Crippen LogP contribution >= 0.6 is 11.8 Å². The lowest BCUT2D eigenvalue weighted by atomic mass is 10.1. The van der Waals surface area contributed by atoms with Gasteiger partial charge in [-0.15, -0.1) is 10.2 Å². The molecule has 128 valence electrons. The van der Waals surface area contributed by atoms with Gasteiger partial charge in [-0.1, -0.05) is 6.92 Å². The normalized spacial score (nSPS) is 15.7. The van der Waals surface area contributed by atoms with Crippen LogP contribution in [-0.2, 0) is 11.2 Å². The number of aryl methyl sites for hydroxylation is 1. The first-order valence-electron chi connectivity index (χ1n) is 7.95. The highest BCUT2D eigenvalue weighted by molar-refractivity contribution is 8.03. The molecule has 24 heavy (non-hydrogen) atoms. The zero-order valence-electron chi connectivity index (χ0n) is 13.4. The van der Waals surface area contributed by atoms with E-state index in [2.05, 4.69) is 15.1 Å². The lowest BCUT2D eigenvalue weighted by molar-refractivity contribution is -0.131. The molecule has 0 radical (unpaired) electrons. The maximum Gasteiger partial charge on any atom is 0.342 e. The molecular weight excluding hydrogens is 330 g/mol. The van der Waals surface area contributed by atoms with Crippen molar-refractivity contribution in [1.82, 2.24) is 10.2 Å². The third-order valence-corrected chi connectivity index (χ3v) is 4.56. The number of piperidine rings is 1. The summed E-state index contributed by atoms with van der Waals surface area (Å²) in [7, 11) is 0. The Kier molecular flexibility index (Phi) is 5.24. The first-order chi connectivity index (χ1) is 11.7. The number of hydrogen-bond donors (Lipinski definition) is 1. The molecule has 0 unspecified atom stereocenters. The highest BCUT2D eigenvalue weighted by Gasteiger charge is 2.17. The van der Waals surface area contributed by atoms with Crippen molar-refractivity contribution < 1.29 is 18.7 Å². The van der Waals surface area contributed by atoms with Crippen molar-refractivity contribution in [2.24, 2.45) is 0 Å². The van der Waals surface area contributed by atoms with Gasteiger partial charge in [0.15, 0.2) is 5.88 Å². The van der Waals surface area contributed by atoms with Crippen LogP contribution in [0.4, 0.5) is 5.88 Å².